The van der Waals surface area contributed by atoms with Gasteiger partial charge < -0.3 is 0 Å². The molecule has 0 fully saturated rings. The van der Waals surface area contributed by atoms with Crippen LogP contribution in [-0.2, 0) is 6.42 Å². The Bertz CT molecular complexity index is 176. The van der Waals surface area contributed by atoms with Gasteiger partial charge in [-0.05, 0) is 18.4 Å². The van der Waals surface area contributed by atoms with E-state index in [1.165, 1.54) is 24.8 Å². The van der Waals surface area contributed by atoms with Crippen LogP contribution in [0.1, 0.15) is 24.8 Å². The van der Waals surface area contributed by atoms with Gasteiger partial charge in [0.15, 0.2) is 0 Å². The van der Waals surface area contributed by atoms with Gasteiger partial charge in [0.05, 0.1) is 0 Å². The highest BCUT2D eigenvalue weighted by Gasteiger charge is 1.89. The first-order valence-corrected chi connectivity index (χ1v) is 4.26. The molecule has 0 nitrogen and oxygen atoms in total. The van der Waals surface area contributed by atoms with Crippen molar-refractivity contribution >= 4 is 0 Å². The predicted octanol–water partition coefficient (Wildman–Crippen LogP) is 3.23. The van der Waals surface area contributed by atoms with Gasteiger partial charge in [-0.15, -0.1) is 0 Å². The van der Waals surface area contributed by atoms with Crippen molar-refractivity contribution in [2.24, 2.45) is 0 Å². The summed E-state index contributed by atoms with van der Waals surface area (Å²) in [5.74, 6) is 0. The van der Waals surface area contributed by atoms with Crippen LogP contribution in [0, 0.1) is 6.92 Å². The molecule has 0 bridgehead atoms. The van der Waals surface area contributed by atoms with E-state index in [4.69, 9.17) is 0 Å². The van der Waals surface area contributed by atoms with Gasteiger partial charge in [-0.2, -0.15) is 0 Å². The van der Waals surface area contributed by atoms with E-state index < -0.39 is 0 Å². The average Bonchev–Trinajstić information content (AvgIpc) is 2.07. The minimum absolute atomic E-state index is 1.06. The highest BCUT2D eigenvalue weighted by Crippen LogP contribution is 2.05. The first-order valence-electron chi connectivity index (χ1n) is 4.26. The summed E-state index contributed by atoms with van der Waals surface area (Å²) in [6.07, 6.45) is 4.78. The van der Waals surface area contributed by atoms with E-state index in [1.54, 1.807) is 0 Å². The van der Waals surface area contributed by atoms with Crippen LogP contribution in [-0.4, -0.2) is 0 Å². The lowest BCUT2D eigenvalue weighted by Crippen LogP contribution is -1.83. The van der Waals surface area contributed by atoms with Crippen LogP contribution in [0.5, 0.6) is 0 Å². The topological polar surface area (TPSA) is 0 Å². The second-order valence-electron chi connectivity index (χ2n) is 2.80. The Hall–Kier alpha value is -0.780. The van der Waals surface area contributed by atoms with Gasteiger partial charge in [-0.3, -0.25) is 0 Å². The second kappa shape index (κ2) is 4.95. The van der Waals surface area contributed by atoms with Crippen LogP contribution in [0.25, 0.3) is 0 Å². The van der Waals surface area contributed by atoms with E-state index in [2.05, 4.69) is 37.3 Å². The molecule has 0 aliphatic rings. The lowest BCUT2D eigenvalue weighted by Gasteiger charge is -1.98. The normalized spacial score (nSPS) is 9.91. The quantitative estimate of drug-likeness (QED) is 0.573. The molecule has 0 heterocycles. The van der Waals surface area contributed by atoms with Crippen molar-refractivity contribution in [3.8, 4) is 0 Å². The fraction of sp³-hybridized carbons (Fsp3) is 0.364. The first-order chi connectivity index (χ1) is 5.43. The number of rotatable bonds is 4. The van der Waals surface area contributed by atoms with E-state index in [0.29, 0.717) is 0 Å². The molecule has 0 spiro atoms. The molecule has 0 N–H and O–H groups in total. The second-order valence-corrected chi connectivity index (χ2v) is 2.80. The smallest absolute Gasteiger partial charge is 0.0279 e. The summed E-state index contributed by atoms with van der Waals surface area (Å²) in [6, 6.07) is 10.6. The van der Waals surface area contributed by atoms with Gasteiger partial charge >= 0.3 is 0 Å². The monoisotopic (exact) mass is 147 g/mol. The van der Waals surface area contributed by atoms with Crippen molar-refractivity contribution < 1.29 is 0 Å². The molecule has 0 aliphatic heterocycles. The molecular formula is C11H15. The third-order valence-electron chi connectivity index (χ3n) is 1.81. The fourth-order valence-electron chi connectivity index (χ4n) is 1.15. The van der Waals surface area contributed by atoms with Gasteiger partial charge in [0.2, 0.25) is 0 Å². The summed E-state index contributed by atoms with van der Waals surface area (Å²) in [5.41, 5.74) is 1.45. The maximum atomic E-state index is 3.82. The number of benzene rings is 1. The minimum atomic E-state index is 1.06. The van der Waals surface area contributed by atoms with Gasteiger partial charge in [-0.25, -0.2) is 0 Å². The maximum absolute atomic E-state index is 3.82. The Morgan fingerprint density at radius 1 is 1.00 bits per heavy atom. The summed E-state index contributed by atoms with van der Waals surface area (Å²) in [7, 11) is 0. The van der Waals surface area contributed by atoms with Crippen molar-refractivity contribution in [3.63, 3.8) is 0 Å². The number of hydrogen-bond donors (Lipinski definition) is 0. The fourth-order valence-corrected chi connectivity index (χ4v) is 1.15. The highest BCUT2D eigenvalue weighted by atomic mass is 13.9. The Labute approximate surface area is 69.3 Å². The van der Waals surface area contributed by atoms with Gasteiger partial charge in [0.25, 0.3) is 0 Å². The molecule has 0 atom stereocenters. The molecule has 1 radical (unpaired) electrons. The van der Waals surface area contributed by atoms with E-state index in [9.17, 15) is 0 Å². The van der Waals surface area contributed by atoms with Crippen LogP contribution >= 0.6 is 0 Å². The summed E-state index contributed by atoms with van der Waals surface area (Å²) in [5, 5.41) is 0. The lowest BCUT2D eigenvalue weighted by molar-refractivity contribution is 0.746. The number of unbranched alkanes of at least 4 members (excludes halogenated alkanes) is 2. The third kappa shape index (κ3) is 3.22. The SMILES string of the molecule is [CH2]CCCCc1ccccc1. The molecule has 1 rings (SSSR count). The zero-order valence-corrected chi connectivity index (χ0v) is 6.92. The summed E-state index contributed by atoms with van der Waals surface area (Å²) >= 11 is 0. The largest absolute Gasteiger partial charge is 0.0622 e. The van der Waals surface area contributed by atoms with Crippen LogP contribution in [0.2, 0.25) is 0 Å². The molecule has 0 heteroatoms. The van der Waals surface area contributed by atoms with Crippen LogP contribution in [0.4, 0.5) is 0 Å². The zero-order valence-electron chi connectivity index (χ0n) is 6.92. The molecular weight excluding hydrogens is 132 g/mol. The Balaban J connectivity index is 2.28. The van der Waals surface area contributed by atoms with E-state index >= 15 is 0 Å². The van der Waals surface area contributed by atoms with Crippen molar-refractivity contribution in [2.75, 3.05) is 0 Å². The minimum Gasteiger partial charge on any atom is -0.0622 e. The molecule has 0 aromatic heterocycles. The summed E-state index contributed by atoms with van der Waals surface area (Å²) < 4.78 is 0. The molecule has 0 saturated heterocycles. The van der Waals surface area contributed by atoms with Crippen LogP contribution < -0.4 is 0 Å². The summed E-state index contributed by atoms with van der Waals surface area (Å²) in [6.45, 7) is 3.82. The van der Waals surface area contributed by atoms with Gasteiger partial charge in [0.1, 0.15) is 0 Å². The van der Waals surface area contributed by atoms with Crippen molar-refractivity contribution in [1.29, 1.82) is 0 Å². The molecule has 0 saturated carbocycles. The average molecular weight is 147 g/mol. The van der Waals surface area contributed by atoms with Crippen molar-refractivity contribution in [1.82, 2.24) is 0 Å². The molecule has 0 unspecified atom stereocenters. The Morgan fingerprint density at radius 3 is 2.36 bits per heavy atom. The molecule has 0 aliphatic carbocycles. The van der Waals surface area contributed by atoms with Gasteiger partial charge in [0, 0.05) is 0 Å². The highest BCUT2D eigenvalue weighted by molar-refractivity contribution is 5.14. The Morgan fingerprint density at radius 2 is 1.73 bits per heavy atom. The summed E-state index contributed by atoms with van der Waals surface area (Å²) in [4.78, 5) is 0. The lowest BCUT2D eigenvalue weighted by atomic mass is 10.1. The zero-order chi connectivity index (χ0) is 7.94. The van der Waals surface area contributed by atoms with E-state index in [0.717, 1.165) is 6.42 Å². The molecule has 59 valence electrons. The predicted molar refractivity (Wildman–Crippen MR) is 49.4 cm³/mol. The third-order valence-corrected chi connectivity index (χ3v) is 1.81. The van der Waals surface area contributed by atoms with Crippen molar-refractivity contribution in [2.45, 2.75) is 25.7 Å². The molecule has 1 aromatic carbocycles. The van der Waals surface area contributed by atoms with E-state index in [-0.39, 0.29) is 0 Å². The number of hydrogen-bond acceptors (Lipinski definition) is 0. The van der Waals surface area contributed by atoms with E-state index in [1.807, 2.05) is 0 Å². The molecule has 11 heavy (non-hydrogen) atoms. The standard InChI is InChI=1S/C11H15/c1-2-3-5-8-11-9-6-4-7-10-11/h4,6-7,9-10H,1-3,5,8H2. The molecule has 1 aromatic rings. The van der Waals surface area contributed by atoms with Crippen molar-refractivity contribution in [3.05, 3.63) is 42.8 Å². The van der Waals surface area contributed by atoms with Crippen LogP contribution in [0.3, 0.4) is 0 Å². The molecule has 0 amide bonds. The van der Waals surface area contributed by atoms with Crippen LogP contribution in [0.15, 0.2) is 30.3 Å². The maximum Gasteiger partial charge on any atom is -0.0279 e. The number of aryl methyl sites for hydroxylation is 1. The first kappa shape index (κ1) is 8.32. The van der Waals surface area contributed by atoms with Gasteiger partial charge in [-0.1, -0.05) is 50.1 Å². The Kier molecular flexibility index (Phi) is 3.74.